The minimum atomic E-state index is -0.638. The highest BCUT2D eigenvalue weighted by molar-refractivity contribution is 6.30. The van der Waals surface area contributed by atoms with Crippen molar-refractivity contribution in [2.45, 2.75) is 44.8 Å². The monoisotopic (exact) mass is 285 g/mol. The summed E-state index contributed by atoms with van der Waals surface area (Å²) in [6.07, 6.45) is 3.90. The van der Waals surface area contributed by atoms with Crippen molar-refractivity contribution >= 4 is 11.6 Å². The zero-order chi connectivity index (χ0) is 13.9. The van der Waals surface area contributed by atoms with Gasteiger partial charge in [0, 0.05) is 23.7 Å². The van der Waals surface area contributed by atoms with Crippen molar-refractivity contribution in [3.8, 4) is 0 Å². The maximum absolute atomic E-state index is 13.6. The van der Waals surface area contributed by atoms with Gasteiger partial charge in [-0.25, -0.2) is 4.39 Å². The topological polar surface area (TPSA) is 32.3 Å². The summed E-state index contributed by atoms with van der Waals surface area (Å²) in [6, 6.07) is 4.67. The predicted molar refractivity (Wildman–Crippen MR) is 75.7 cm³/mol. The first-order valence-corrected chi connectivity index (χ1v) is 7.23. The molecule has 19 heavy (non-hydrogen) atoms. The SMILES string of the molecule is CC1CCCC(O)(CNCc2ccc(Cl)cc2F)C1. The first-order valence-electron chi connectivity index (χ1n) is 6.85. The number of rotatable bonds is 4. The fourth-order valence-corrected chi connectivity index (χ4v) is 3.05. The second kappa shape index (κ2) is 6.21. The van der Waals surface area contributed by atoms with E-state index in [1.54, 1.807) is 12.1 Å². The molecule has 0 heterocycles. The lowest BCUT2D eigenvalue weighted by atomic mass is 9.79. The molecule has 1 aliphatic rings. The molecule has 2 atom stereocenters. The van der Waals surface area contributed by atoms with Crippen LogP contribution in [0.15, 0.2) is 18.2 Å². The minimum absolute atomic E-state index is 0.302. The Bertz CT molecular complexity index is 440. The normalized spacial score (nSPS) is 27.5. The smallest absolute Gasteiger partial charge is 0.129 e. The molecule has 0 aromatic heterocycles. The van der Waals surface area contributed by atoms with Crippen molar-refractivity contribution in [2.75, 3.05) is 6.54 Å². The third kappa shape index (κ3) is 4.16. The molecule has 0 aliphatic heterocycles. The average Bonchev–Trinajstić information content (AvgIpc) is 2.31. The van der Waals surface area contributed by atoms with Crippen molar-refractivity contribution < 1.29 is 9.50 Å². The standard InChI is InChI=1S/C15H21ClFNO/c1-11-3-2-6-15(19,8-11)10-18-9-12-4-5-13(16)7-14(12)17/h4-5,7,11,18-19H,2-3,6,8-10H2,1H3. The Labute approximate surface area is 119 Å². The van der Waals surface area contributed by atoms with E-state index in [9.17, 15) is 9.50 Å². The molecule has 1 saturated carbocycles. The van der Waals surface area contributed by atoms with Gasteiger partial charge in [0.05, 0.1) is 5.60 Å². The highest BCUT2D eigenvalue weighted by Crippen LogP contribution is 2.31. The van der Waals surface area contributed by atoms with E-state index in [2.05, 4.69) is 12.2 Å². The van der Waals surface area contributed by atoms with Crippen LogP contribution >= 0.6 is 11.6 Å². The molecular formula is C15H21ClFNO. The van der Waals surface area contributed by atoms with Gasteiger partial charge in [-0.3, -0.25) is 0 Å². The molecular weight excluding hydrogens is 265 g/mol. The molecule has 0 spiro atoms. The second-order valence-corrected chi connectivity index (χ2v) is 6.20. The predicted octanol–water partition coefficient (Wildman–Crippen LogP) is 3.51. The molecule has 4 heteroatoms. The summed E-state index contributed by atoms with van der Waals surface area (Å²) in [5.41, 5.74) is -0.0579. The number of nitrogens with one attached hydrogen (secondary N) is 1. The van der Waals surface area contributed by atoms with Gasteiger partial charge in [-0.2, -0.15) is 0 Å². The van der Waals surface area contributed by atoms with Gasteiger partial charge in [0.2, 0.25) is 0 Å². The van der Waals surface area contributed by atoms with Crippen LogP contribution in [-0.4, -0.2) is 17.3 Å². The fourth-order valence-electron chi connectivity index (χ4n) is 2.89. The Balaban J connectivity index is 1.85. The van der Waals surface area contributed by atoms with Crippen LogP contribution in [0.3, 0.4) is 0 Å². The highest BCUT2D eigenvalue weighted by atomic mass is 35.5. The minimum Gasteiger partial charge on any atom is -0.389 e. The largest absolute Gasteiger partial charge is 0.389 e. The lowest BCUT2D eigenvalue weighted by Crippen LogP contribution is -2.43. The molecule has 106 valence electrons. The van der Waals surface area contributed by atoms with Crippen LogP contribution in [0, 0.1) is 11.7 Å². The summed E-state index contributed by atoms with van der Waals surface area (Å²) in [5, 5.41) is 14.0. The molecule has 1 aromatic carbocycles. The summed E-state index contributed by atoms with van der Waals surface area (Å²) < 4.78 is 13.6. The fraction of sp³-hybridized carbons (Fsp3) is 0.600. The third-order valence-corrected chi connectivity index (χ3v) is 4.09. The number of aliphatic hydroxyl groups is 1. The van der Waals surface area contributed by atoms with Gasteiger partial charge in [0.15, 0.2) is 0 Å². The number of hydrogen-bond acceptors (Lipinski definition) is 2. The van der Waals surface area contributed by atoms with Crippen molar-refractivity contribution in [1.29, 1.82) is 0 Å². The van der Waals surface area contributed by atoms with E-state index >= 15 is 0 Å². The van der Waals surface area contributed by atoms with Crippen LogP contribution in [0.1, 0.15) is 38.2 Å². The van der Waals surface area contributed by atoms with Gasteiger partial charge >= 0.3 is 0 Å². The molecule has 0 radical (unpaired) electrons. The first kappa shape index (κ1) is 14.8. The van der Waals surface area contributed by atoms with E-state index in [1.807, 2.05) is 0 Å². The van der Waals surface area contributed by atoms with Crippen LogP contribution in [0.25, 0.3) is 0 Å². The van der Waals surface area contributed by atoms with Gasteiger partial charge < -0.3 is 10.4 Å². The van der Waals surface area contributed by atoms with E-state index in [0.717, 1.165) is 19.3 Å². The van der Waals surface area contributed by atoms with Gasteiger partial charge in [-0.05, 0) is 30.9 Å². The van der Waals surface area contributed by atoms with Crippen molar-refractivity contribution in [1.82, 2.24) is 5.32 Å². The van der Waals surface area contributed by atoms with E-state index in [1.165, 1.54) is 12.5 Å². The first-order chi connectivity index (χ1) is 8.98. The number of benzene rings is 1. The second-order valence-electron chi connectivity index (χ2n) is 5.77. The zero-order valence-corrected chi connectivity index (χ0v) is 12.0. The summed E-state index contributed by atoms with van der Waals surface area (Å²) in [4.78, 5) is 0. The Morgan fingerprint density at radius 1 is 1.53 bits per heavy atom. The molecule has 2 nitrogen and oxygen atoms in total. The molecule has 0 saturated heterocycles. The highest BCUT2D eigenvalue weighted by Gasteiger charge is 2.31. The van der Waals surface area contributed by atoms with Crippen LogP contribution in [0.2, 0.25) is 5.02 Å². The Kier molecular flexibility index (Phi) is 4.82. The van der Waals surface area contributed by atoms with Crippen LogP contribution in [-0.2, 0) is 6.54 Å². The van der Waals surface area contributed by atoms with Crippen LogP contribution in [0.4, 0.5) is 4.39 Å². The molecule has 2 N–H and O–H groups in total. The average molecular weight is 286 g/mol. The number of hydrogen-bond donors (Lipinski definition) is 2. The Morgan fingerprint density at radius 2 is 2.32 bits per heavy atom. The molecule has 2 unspecified atom stereocenters. The van der Waals surface area contributed by atoms with Crippen LogP contribution < -0.4 is 5.32 Å². The summed E-state index contributed by atoms with van der Waals surface area (Å²) in [7, 11) is 0. The number of halogens is 2. The van der Waals surface area contributed by atoms with Gasteiger partial charge in [-0.1, -0.05) is 37.4 Å². The summed E-state index contributed by atoms with van der Waals surface area (Å²) in [6.45, 7) is 3.10. The Morgan fingerprint density at radius 3 is 3.00 bits per heavy atom. The van der Waals surface area contributed by atoms with Crippen molar-refractivity contribution in [3.63, 3.8) is 0 Å². The van der Waals surface area contributed by atoms with Gasteiger partial charge in [-0.15, -0.1) is 0 Å². The maximum Gasteiger partial charge on any atom is 0.129 e. The lowest BCUT2D eigenvalue weighted by molar-refractivity contribution is -0.0119. The third-order valence-electron chi connectivity index (χ3n) is 3.85. The molecule has 0 amide bonds. The van der Waals surface area contributed by atoms with Crippen molar-refractivity contribution in [2.24, 2.45) is 5.92 Å². The van der Waals surface area contributed by atoms with E-state index in [4.69, 9.17) is 11.6 Å². The molecule has 2 rings (SSSR count). The zero-order valence-electron chi connectivity index (χ0n) is 11.3. The van der Waals surface area contributed by atoms with Gasteiger partial charge in [0.25, 0.3) is 0 Å². The van der Waals surface area contributed by atoms with Gasteiger partial charge in [0.1, 0.15) is 5.82 Å². The molecule has 0 bridgehead atoms. The van der Waals surface area contributed by atoms with Crippen LogP contribution in [0.5, 0.6) is 0 Å². The molecule has 1 aromatic rings. The van der Waals surface area contributed by atoms with E-state index < -0.39 is 5.60 Å². The summed E-state index contributed by atoms with van der Waals surface area (Å²) in [5.74, 6) is 0.261. The van der Waals surface area contributed by atoms with Crippen molar-refractivity contribution in [3.05, 3.63) is 34.6 Å². The maximum atomic E-state index is 13.6. The molecule has 1 fully saturated rings. The Hall–Kier alpha value is -0.640. The summed E-state index contributed by atoms with van der Waals surface area (Å²) >= 11 is 5.71. The van der Waals surface area contributed by atoms with E-state index in [-0.39, 0.29) is 5.82 Å². The lowest BCUT2D eigenvalue weighted by Gasteiger charge is -2.35. The van der Waals surface area contributed by atoms with E-state index in [0.29, 0.717) is 29.6 Å². The molecule has 1 aliphatic carbocycles. The quantitative estimate of drug-likeness (QED) is 0.887.